The lowest BCUT2D eigenvalue weighted by molar-refractivity contribution is 0.0696. The Morgan fingerprint density at radius 3 is 2.84 bits per heavy atom. The molecule has 2 rings (SSSR count). The molecule has 2 aromatic heterocycles. The summed E-state index contributed by atoms with van der Waals surface area (Å²) in [5.74, 6) is -1.25. The summed E-state index contributed by atoms with van der Waals surface area (Å²) >= 11 is 1.26. The number of carbonyl (C=O) groups excluding carboxylic acids is 1. The molecule has 0 saturated heterocycles. The number of hydrogen-bond acceptors (Lipinski definition) is 5. The molecular weight excluding hydrogens is 266 g/mol. The van der Waals surface area contributed by atoms with Crippen LogP contribution in [0.5, 0.6) is 0 Å². The number of hydrogen-bond donors (Lipinski definition) is 2. The molecule has 19 heavy (non-hydrogen) atoms. The molecule has 2 N–H and O–H groups in total. The molecule has 2 heterocycles. The highest BCUT2D eigenvalue weighted by atomic mass is 32.1. The minimum absolute atomic E-state index is 0.146. The van der Waals surface area contributed by atoms with Crippen molar-refractivity contribution in [2.75, 3.05) is 0 Å². The number of rotatable bonds is 4. The molecule has 0 bridgehead atoms. The zero-order chi connectivity index (χ0) is 13.8. The van der Waals surface area contributed by atoms with E-state index in [1.54, 1.807) is 12.4 Å². The van der Waals surface area contributed by atoms with Gasteiger partial charge in [0, 0.05) is 6.20 Å². The average molecular weight is 277 g/mol. The minimum Gasteiger partial charge on any atom is -0.478 e. The van der Waals surface area contributed by atoms with Crippen LogP contribution in [0.2, 0.25) is 0 Å². The minimum atomic E-state index is -1.02. The largest absolute Gasteiger partial charge is 0.478 e. The number of carboxylic acids is 1. The van der Waals surface area contributed by atoms with E-state index < -0.39 is 5.97 Å². The van der Waals surface area contributed by atoms with E-state index in [-0.39, 0.29) is 18.0 Å². The van der Waals surface area contributed by atoms with Gasteiger partial charge < -0.3 is 10.4 Å². The highest BCUT2D eigenvalue weighted by Gasteiger charge is 2.11. The summed E-state index contributed by atoms with van der Waals surface area (Å²) in [5, 5.41) is 11.5. The number of nitrogens with zero attached hydrogens (tertiary/aromatic N) is 2. The number of nitrogens with one attached hydrogen (secondary N) is 1. The Morgan fingerprint density at radius 2 is 2.21 bits per heavy atom. The molecule has 6 nitrogen and oxygen atoms in total. The predicted octanol–water partition coefficient (Wildman–Crippen LogP) is 1.47. The van der Waals surface area contributed by atoms with E-state index in [2.05, 4.69) is 15.3 Å². The molecule has 98 valence electrons. The topological polar surface area (TPSA) is 92.2 Å². The third kappa shape index (κ3) is 3.14. The van der Waals surface area contributed by atoms with Crippen molar-refractivity contribution in [3.8, 4) is 0 Å². The fourth-order valence-corrected chi connectivity index (χ4v) is 2.20. The van der Waals surface area contributed by atoms with Crippen molar-refractivity contribution in [3.63, 3.8) is 0 Å². The molecule has 0 aliphatic rings. The molecular formula is C12H11N3O3S. The van der Waals surface area contributed by atoms with Gasteiger partial charge in [-0.15, -0.1) is 11.3 Å². The van der Waals surface area contributed by atoms with Gasteiger partial charge >= 0.3 is 5.97 Å². The van der Waals surface area contributed by atoms with Crippen molar-refractivity contribution >= 4 is 23.2 Å². The summed E-state index contributed by atoms with van der Waals surface area (Å²) in [7, 11) is 0. The van der Waals surface area contributed by atoms with Crippen LogP contribution in [0.15, 0.2) is 23.8 Å². The highest BCUT2D eigenvalue weighted by Crippen LogP contribution is 2.11. The Morgan fingerprint density at radius 1 is 1.42 bits per heavy atom. The fraction of sp³-hybridized carbons (Fsp3) is 0.167. The van der Waals surface area contributed by atoms with Crippen LogP contribution in [-0.2, 0) is 6.54 Å². The molecule has 1 amide bonds. The van der Waals surface area contributed by atoms with E-state index in [1.165, 1.54) is 29.7 Å². The van der Waals surface area contributed by atoms with Crippen LogP contribution >= 0.6 is 11.3 Å². The maximum atomic E-state index is 11.8. The van der Waals surface area contributed by atoms with Gasteiger partial charge in [0.05, 0.1) is 29.0 Å². The van der Waals surface area contributed by atoms with Crippen LogP contribution in [0.25, 0.3) is 0 Å². The normalized spacial score (nSPS) is 10.2. The zero-order valence-corrected chi connectivity index (χ0v) is 10.9. The van der Waals surface area contributed by atoms with Crippen molar-refractivity contribution in [1.29, 1.82) is 0 Å². The Hall–Kier alpha value is -2.28. The van der Waals surface area contributed by atoms with Gasteiger partial charge in [0.25, 0.3) is 5.91 Å². The van der Waals surface area contributed by atoms with Gasteiger partial charge in [0.15, 0.2) is 0 Å². The first-order chi connectivity index (χ1) is 9.08. The summed E-state index contributed by atoms with van der Waals surface area (Å²) in [6.45, 7) is 1.94. The zero-order valence-electron chi connectivity index (χ0n) is 10.1. The Kier molecular flexibility index (Phi) is 3.86. The van der Waals surface area contributed by atoms with Crippen LogP contribution in [0.3, 0.4) is 0 Å². The number of amides is 1. The maximum Gasteiger partial charge on any atom is 0.335 e. The Labute approximate surface area is 113 Å². The lowest BCUT2D eigenvalue weighted by atomic mass is 10.2. The number of carboxylic acid groups (broad SMARTS) is 1. The van der Waals surface area contributed by atoms with Crippen LogP contribution in [-0.4, -0.2) is 27.0 Å². The third-order valence-corrected chi connectivity index (χ3v) is 3.37. The molecule has 7 heteroatoms. The molecule has 0 spiro atoms. The molecule has 0 atom stereocenters. The van der Waals surface area contributed by atoms with Crippen LogP contribution in [0.4, 0.5) is 0 Å². The van der Waals surface area contributed by atoms with Gasteiger partial charge in [0.2, 0.25) is 0 Å². The van der Waals surface area contributed by atoms with Gasteiger partial charge in [0.1, 0.15) is 4.88 Å². The molecule has 0 unspecified atom stereocenters. The van der Waals surface area contributed by atoms with Crippen molar-refractivity contribution < 1.29 is 14.7 Å². The fourth-order valence-electron chi connectivity index (χ4n) is 1.48. The lowest BCUT2D eigenvalue weighted by Crippen LogP contribution is -2.23. The first-order valence-electron chi connectivity index (χ1n) is 5.44. The number of pyridine rings is 1. The van der Waals surface area contributed by atoms with Crippen LogP contribution in [0.1, 0.15) is 31.4 Å². The van der Waals surface area contributed by atoms with Crippen molar-refractivity contribution in [2.45, 2.75) is 13.5 Å². The number of aromatic nitrogens is 2. The van der Waals surface area contributed by atoms with Gasteiger partial charge in [-0.2, -0.15) is 0 Å². The standard InChI is InChI=1S/C12H11N3O3S/c1-7-10(19-6-15-7)11(16)14-5-9-4-8(12(17)18)2-3-13-9/h2-4,6H,5H2,1H3,(H,14,16)(H,17,18). The van der Waals surface area contributed by atoms with E-state index in [4.69, 9.17) is 5.11 Å². The smallest absolute Gasteiger partial charge is 0.335 e. The second kappa shape index (κ2) is 5.57. The van der Waals surface area contributed by atoms with Gasteiger partial charge in [-0.05, 0) is 19.1 Å². The van der Waals surface area contributed by atoms with E-state index >= 15 is 0 Å². The lowest BCUT2D eigenvalue weighted by Gasteiger charge is -2.04. The molecule has 0 aliphatic heterocycles. The first kappa shape index (κ1) is 13.2. The van der Waals surface area contributed by atoms with E-state index in [0.29, 0.717) is 16.3 Å². The summed E-state index contributed by atoms with van der Waals surface area (Å²) in [5.41, 5.74) is 2.92. The summed E-state index contributed by atoms with van der Waals surface area (Å²) in [4.78, 5) is 31.2. The Balaban J connectivity index is 2.03. The van der Waals surface area contributed by atoms with Crippen molar-refractivity contribution in [3.05, 3.63) is 45.7 Å². The maximum absolute atomic E-state index is 11.8. The van der Waals surface area contributed by atoms with Crippen molar-refractivity contribution in [1.82, 2.24) is 15.3 Å². The second-order valence-corrected chi connectivity index (χ2v) is 4.65. The van der Waals surface area contributed by atoms with Crippen LogP contribution in [0, 0.1) is 6.92 Å². The first-order valence-corrected chi connectivity index (χ1v) is 6.32. The number of aryl methyl sites for hydroxylation is 1. The Bertz CT molecular complexity index is 624. The van der Waals surface area contributed by atoms with Crippen molar-refractivity contribution in [2.24, 2.45) is 0 Å². The number of aromatic carboxylic acids is 1. The molecule has 0 aliphatic carbocycles. The highest BCUT2D eigenvalue weighted by molar-refractivity contribution is 7.11. The van der Waals surface area contributed by atoms with E-state index in [9.17, 15) is 9.59 Å². The molecule has 0 fully saturated rings. The SMILES string of the molecule is Cc1ncsc1C(=O)NCc1cc(C(=O)O)ccn1. The number of carbonyl (C=O) groups is 2. The van der Waals surface area contributed by atoms with Gasteiger partial charge in [-0.1, -0.05) is 0 Å². The summed E-state index contributed by atoms with van der Waals surface area (Å²) in [6.07, 6.45) is 1.41. The molecule has 2 aromatic rings. The average Bonchev–Trinajstić information content (AvgIpc) is 2.82. The summed E-state index contributed by atoms with van der Waals surface area (Å²) < 4.78 is 0. The monoisotopic (exact) mass is 277 g/mol. The third-order valence-electron chi connectivity index (χ3n) is 2.45. The van der Waals surface area contributed by atoms with Gasteiger partial charge in [-0.25, -0.2) is 9.78 Å². The molecule has 0 aromatic carbocycles. The second-order valence-electron chi connectivity index (χ2n) is 3.79. The van der Waals surface area contributed by atoms with E-state index in [0.717, 1.165) is 0 Å². The molecule has 0 saturated carbocycles. The van der Waals surface area contributed by atoms with Gasteiger partial charge in [-0.3, -0.25) is 9.78 Å². The molecule has 0 radical (unpaired) electrons. The summed E-state index contributed by atoms with van der Waals surface area (Å²) in [6, 6.07) is 2.84. The predicted molar refractivity (Wildman–Crippen MR) is 69.2 cm³/mol. The number of thiazole rings is 1. The quantitative estimate of drug-likeness (QED) is 0.883. The van der Waals surface area contributed by atoms with E-state index in [1.807, 2.05) is 0 Å². The van der Waals surface area contributed by atoms with Crippen LogP contribution < -0.4 is 5.32 Å².